The lowest BCUT2D eigenvalue weighted by atomic mass is 9.88. The van der Waals surface area contributed by atoms with Crippen LogP contribution in [-0.2, 0) is 33.6 Å². The SMILES string of the molecule is O=C1CC[C@H](N2Cc3c(Cl)cc(CNC(=O)OC4CC(n5c(C(F)(F)F)nc6ccccc65)C4)c(F)c3C2=O)C(=O)N1. The van der Waals surface area contributed by atoms with Gasteiger partial charge in [-0.3, -0.25) is 19.7 Å². The topological polar surface area (TPSA) is 123 Å². The molecule has 2 fully saturated rings. The first-order valence-electron chi connectivity index (χ1n) is 13.1. The molecule has 3 heterocycles. The molecule has 0 radical (unpaired) electrons. The summed E-state index contributed by atoms with van der Waals surface area (Å²) in [6.07, 6.45) is -5.87. The van der Waals surface area contributed by atoms with Crippen molar-refractivity contribution in [3.8, 4) is 0 Å². The van der Waals surface area contributed by atoms with Crippen molar-refractivity contribution < 1.29 is 41.5 Å². The molecule has 0 bridgehead atoms. The minimum absolute atomic E-state index is 0.0359. The van der Waals surface area contributed by atoms with Gasteiger partial charge >= 0.3 is 12.3 Å². The van der Waals surface area contributed by atoms with Gasteiger partial charge in [-0.2, -0.15) is 13.2 Å². The van der Waals surface area contributed by atoms with E-state index in [1.165, 1.54) is 12.1 Å². The fraction of sp³-hybridized carbons (Fsp3) is 0.370. The summed E-state index contributed by atoms with van der Waals surface area (Å²) in [6.45, 7) is -0.499. The van der Waals surface area contributed by atoms with Crippen molar-refractivity contribution in [1.29, 1.82) is 0 Å². The molecule has 10 nitrogen and oxygen atoms in total. The number of hydrogen-bond acceptors (Lipinski definition) is 6. The lowest BCUT2D eigenvalue weighted by Gasteiger charge is -2.36. The number of alkyl carbamates (subject to hydrolysis) is 1. The zero-order chi connectivity index (χ0) is 29.9. The van der Waals surface area contributed by atoms with Crippen molar-refractivity contribution in [1.82, 2.24) is 25.1 Å². The van der Waals surface area contributed by atoms with E-state index in [1.807, 2.05) is 0 Å². The van der Waals surface area contributed by atoms with E-state index in [2.05, 4.69) is 15.6 Å². The first-order valence-corrected chi connectivity index (χ1v) is 13.4. The van der Waals surface area contributed by atoms with Crippen LogP contribution in [0.25, 0.3) is 11.0 Å². The third kappa shape index (κ3) is 4.82. The third-order valence-corrected chi connectivity index (χ3v) is 8.10. The molecule has 6 rings (SSSR count). The zero-order valence-electron chi connectivity index (χ0n) is 21.6. The predicted molar refractivity (Wildman–Crippen MR) is 138 cm³/mol. The number of para-hydroxylation sites is 2. The number of ether oxygens (including phenoxy) is 1. The van der Waals surface area contributed by atoms with Crippen LogP contribution in [0.2, 0.25) is 5.02 Å². The van der Waals surface area contributed by atoms with E-state index in [0.717, 1.165) is 9.47 Å². The summed E-state index contributed by atoms with van der Waals surface area (Å²) >= 11 is 6.33. The van der Waals surface area contributed by atoms with Crippen molar-refractivity contribution in [3.63, 3.8) is 0 Å². The van der Waals surface area contributed by atoms with E-state index in [4.69, 9.17) is 16.3 Å². The van der Waals surface area contributed by atoms with E-state index in [1.54, 1.807) is 18.2 Å². The summed E-state index contributed by atoms with van der Waals surface area (Å²) in [4.78, 5) is 54.1. The minimum Gasteiger partial charge on any atom is -0.446 e. The molecule has 2 N–H and O–H groups in total. The number of nitrogens with zero attached hydrogens (tertiary/aromatic N) is 3. The van der Waals surface area contributed by atoms with Gasteiger partial charge < -0.3 is 19.5 Å². The molecule has 3 aromatic rings. The Kier molecular flexibility index (Phi) is 6.83. The molecule has 0 unspecified atom stereocenters. The fourth-order valence-corrected chi connectivity index (χ4v) is 5.94. The standard InChI is InChI=1S/C27H22ClF4N5O5/c28-16-7-12(22(29)21-15(16)11-36(24(21)40)19-5-6-20(38)35-23(19)39)10-33-26(41)42-14-8-13(9-14)37-18-4-2-1-3-17(18)34-25(37)27(30,31)32/h1-4,7,13-14,19H,5-6,8-11H2,(H,33,41)(H,35,38,39)/t13?,14?,19-/m0/s1. The minimum atomic E-state index is -4.66. The molecule has 1 saturated heterocycles. The van der Waals surface area contributed by atoms with Crippen molar-refractivity contribution in [2.45, 2.75) is 63.1 Å². The number of amides is 4. The molecule has 0 spiro atoms. The van der Waals surface area contributed by atoms with Gasteiger partial charge in [0.1, 0.15) is 18.0 Å². The summed E-state index contributed by atoms with van der Waals surface area (Å²) in [7, 11) is 0. The number of nitrogens with one attached hydrogen (secondary N) is 2. The second-order valence-corrected chi connectivity index (χ2v) is 10.8. The molecule has 2 aliphatic heterocycles. The summed E-state index contributed by atoms with van der Waals surface area (Å²) in [5.74, 6) is -3.79. The number of benzene rings is 2. The number of imidazole rings is 1. The van der Waals surface area contributed by atoms with Crippen LogP contribution in [0.15, 0.2) is 30.3 Å². The first kappa shape index (κ1) is 27.9. The number of rotatable bonds is 5. The maximum Gasteiger partial charge on any atom is 0.449 e. The molecule has 1 aliphatic carbocycles. The molecule has 220 valence electrons. The number of fused-ring (bicyclic) bond motifs is 2. The van der Waals surface area contributed by atoms with Gasteiger partial charge in [0, 0.05) is 54.5 Å². The van der Waals surface area contributed by atoms with E-state index in [-0.39, 0.29) is 66.0 Å². The Labute approximate surface area is 239 Å². The highest BCUT2D eigenvalue weighted by atomic mass is 35.5. The Morgan fingerprint density at radius 2 is 1.93 bits per heavy atom. The quantitative estimate of drug-likeness (QED) is 0.331. The molecule has 4 amide bonds. The van der Waals surface area contributed by atoms with Crippen LogP contribution in [0.5, 0.6) is 0 Å². The second-order valence-electron chi connectivity index (χ2n) is 10.4. The van der Waals surface area contributed by atoms with Crippen LogP contribution in [0.4, 0.5) is 22.4 Å². The molecular weight excluding hydrogens is 586 g/mol. The van der Waals surface area contributed by atoms with Crippen LogP contribution >= 0.6 is 11.6 Å². The summed E-state index contributed by atoms with van der Waals surface area (Å²) < 4.78 is 62.7. The summed E-state index contributed by atoms with van der Waals surface area (Å²) in [5, 5.41) is 4.62. The second kappa shape index (κ2) is 10.3. The Bertz CT molecular complexity index is 1650. The fourth-order valence-electron chi connectivity index (χ4n) is 5.66. The van der Waals surface area contributed by atoms with Crippen molar-refractivity contribution in [2.24, 2.45) is 0 Å². The first-order chi connectivity index (χ1) is 19.9. The van der Waals surface area contributed by atoms with Crippen molar-refractivity contribution in [3.05, 3.63) is 63.7 Å². The number of piperidine rings is 1. The Morgan fingerprint density at radius 3 is 2.64 bits per heavy atom. The molecule has 1 atom stereocenters. The number of halogens is 5. The molecular formula is C27H22ClF4N5O5. The van der Waals surface area contributed by atoms with Crippen LogP contribution in [0.1, 0.15) is 59.0 Å². The average Bonchev–Trinajstić information content (AvgIpc) is 3.46. The number of carbonyl (C=O) groups is 4. The maximum absolute atomic E-state index is 15.4. The normalized spacial score (nSPS) is 22.2. The van der Waals surface area contributed by atoms with Crippen molar-refractivity contribution in [2.75, 3.05) is 0 Å². The maximum atomic E-state index is 15.4. The molecule has 1 saturated carbocycles. The Balaban J connectivity index is 1.09. The number of carbonyl (C=O) groups excluding carboxylic acids is 4. The van der Waals surface area contributed by atoms with Crippen LogP contribution < -0.4 is 10.6 Å². The van der Waals surface area contributed by atoms with Crippen molar-refractivity contribution >= 4 is 46.4 Å². The molecule has 42 heavy (non-hydrogen) atoms. The highest BCUT2D eigenvalue weighted by Gasteiger charge is 2.44. The van der Waals surface area contributed by atoms with Crippen LogP contribution in [0.3, 0.4) is 0 Å². The summed E-state index contributed by atoms with van der Waals surface area (Å²) in [6, 6.07) is 5.98. The Morgan fingerprint density at radius 1 is 1.19 bits per heavy atom. The average molecular weight is 608 g/mol. The van der Waals surface area contributed by atoms with Gasteiger partial charge in [0.2, 0.25) is 17.6 Å². The molecule has 15 heteroatoms. The lowest BCUT2D eigenvalue weighted by Crippen LogP contribution is -2.52. The van der Waals surface area contributed by atoms with E-state index >= 15 is 4.39 Å². The smallest absolute Gasteiger partial charge is 0.446 e. The van der Waals surface area contributed by atoms with Gasteiger partial charge in [0.15, 0.2) is 0 Å². The molecule has 1 aromatic heterocycles. The highest BCUT2D eigenvalue weighted by Crippen LogP contribution is 2.42. The molecule has 3 aliphatic rings. The number of imide groups is 1. The largest absolute Gasteiger partial charge is 0.449 e. The van der Waals surface area contributed by atoms with E-state index in [0.29, 0.717) is 5.52 Å². The molecule has 2 aromatic carbocycles. The number of hydrogen-bond donors (Lipinski definition) is 2. The van der Waals surface area contributed by atoms with Gasteiger partial charge in [-0.05, 0) is 24.6 Å². The monoisotopic (exact) mass is 607 g/mol. The number of alkyl halides is 3. The predicted octanol–water partition coefficient (Wildman–Crippen LogP) is 4.24. The highest BCUT2D eigenvalue weighted by molar-refractivity contribution is 6.32. The summed E-state index contributed by atoms with van der Waals surface area (Å²) in [5.41, 5.74) is 0.321. The van der Waals surface area contributed by atoms with Crippen LogP contribution in [0, 0.1) is 5.82 Å². The van der Waals surface area contributed by atoms with Gasteiger partial charge in [-0.25, -0.2) is 14.2 Å². The lowest BCUT2D eigenvalue weighted by molar-refractivity contribution is -0.149. The number of aromatic nitrogens is 2. The van der Waals surface area contributed by atoms with Crippen LogP contribution in [-0.4, -0.2) is 50.4 Å². The van der Waals surface area contributed by atoms with E-state index < -0.39 is 59.8 Å². The van der Waals surface area contributed by atoms with E-state index in [9.17, 15) is 32.3 Å². The van der Waals surface area contributed by atoms with Gasteiger partial charge in [-0.1, -0.05) is 23.7 Å². The Hall–Kier alpha value is -4.20. The zero-order valence-corrected chi connectivity index (χ0v) is 22.4. The van der Waals surface area contributed by atoms with Gasteiger partial charge in [-0.15, -0.1) is 0 Å². The van der Waals surface area contributed by atoms with Gasteiger partial charge in [0.05, 0.1) is 16.6 Å². The third-order valence-electron chi connectivity index (χ3n) is 7.76. The van der Waals surface area contributed by atoms with Gasteiger partial charge in [0.25, 0.3) is 5.91 Å².